The number of hydrogen-bond donors (Lipinski definition) is 1. The molecule has 0 spiro atoms. The number of nitrogens with two attached hydrogens (primary N) is 1. The van der Waals surface area contributed by atoms with Gasteiger partial charge < -0.3 is 5.73 Å². The normalized spacial score (nSPS) is 46.7. The van der Waals surface area contributed by atoms with Gasteiger partial charge in [0.1, 0.15) is 0 Å². The Hall–Kier alpha value is -0.0800. The molecule has 0 amide bonds. The average molecular weight is 222 g/mol. The fraction of sp³-hybridized carbons (Fsp3) is 1.00. The lowest BCUT2D eigenvalue weighted by molar-refractivity contribution is 0.117. The van der Waals surface area contributed by atoms with Gasteiger partial charge in [-0.1, -0.05) is 0 Å². The molecule has 2 bridgehead atoms. The first-order chi connectivity index (χ1) is 7.58. The Kier molecular flexibility index (Phi) is 2.56. The summed E-state index contributed by atoms with van der Waals surface area (Å²) in [6.07, 6.45) is 7.04. The van der Waals surface area contributed by atoms with E-state index in [4.69, 9.17) is 5.73 Å². The Bertz CT molecular complexity index is 272. The van der Waals surface area contributed by atoms with Crippen molar-refractivity contribution in [3.05, 3.63) is 0 Å². The van der Waals surface area contributed by atoms with Crippen LogP contribution in [-0.2, 0) is 0 Å². The predicted molar refractivity (Wildman–Crippen MR) is 67.2 cm³/mol. The lowest BCUT2D eigenvalue weighted by Gasteiger charge is -2.38. The number of hydrogen-bond acceptors (Lipinski definition) is 2. The van der Waals surface area contributed by atoms with Gasteiger partial charge in [-0.3, -0.25) is 4.90 Å². The molecule has 4 atom stereocenters. The Labute approximate surface area is 99.6 Å². The highest BCUT2D eigenvalue weighted by atomic mass is 15.2. The summed E-state index contributed by atoms with van der Waals surface area (Å²) in [6.45, 7) is 7.38. The van der Waals surface area contributed by atoms with Crippen LogP contribution in [-0.4, -0.2) is 29.6 Å². The second kappa shape index (κ2) is 3.71. The molecule has 2 heteroatoms. The molecular formula is C14H26N2. The van der Waals surface area contributed by atoms with Crippen LogP contribution in [0.2, 0.25) is 0 Å². The third kappa shape index (κ3) is 1.62. The molecule has 2 saturated carbocycles. The maximum absolute atomic E-state index is 6.40. The van der Waals surface area contributed by atoms with E-state index in [0.29, 0.717) is 11.6 Å². The minimum Gasteiger partial charge on any atom is -0.327 e. The molecule has 0 aromatic heterocycles. The van der Waals surface area contributed by atoms with Crippen molar-refractivity contribution in [2.75, 3.05) is 13.1 Å². The summed E-state index contributed by atoms with van der Waals surface area (Å²) in [7, 11) is 0. The van der Waals surface area contributed by atoms with Crippen LogP contribution in [0.15, 0.2) is 0 Å². The molecule has 0 aromatic rings. The minimum absolute atomic E-state index is 0.432. The van der Waals surface area contributed by atoms with Crippen LogP contribution in [0.1, 0.15) is 46.0 Å². The molecule has 0 aromatic carbocycles. The first kappa shape index (κ1) is 11.0. The van der Waals surface area contributed by atoms with Crippen molar-refractivity contribution in [2.24, 2.45) is 23.5 Å². The molecule has 0 radical (unpaired) electrons. The van der Waals surface area contributed by atoms with E-state index < -0.39 is 0 Å². The average Bonchev–Trinajstić information content (AvgIpc) is 2.86. The molecule has 2 N–H and O–H groups in total. The van der Waals surface area contributed by atoms with Crippen LogP contribution >= 0.6 is 0 Å². The van der Waals surface area contributed by atoms with Crippen molar-refractivity contribution in [1.82, 2.24) is 4.90 Å². The molecule has 1 aliphatic heterocycles. The van der Waals surface area contributed by atoms with Crippen LogP contribution in [0, 0.1) is 17.8 Å². The molecule has 2 aliphatic carbocycles. The van der Waals surface area contributed by atoms with E-state index in [2.05, 4.69) is 18.7 Å². The summed E-state index contributed by atoms with van der Waals surface area (Å²) in [5, 5.41) is 0. The Morgan fingerprint density at radius 3 is 2.56 bits per heavy atom. The summed E-state index contributed by atoms with van der Waals surface area (Å²) < 4.78 is 0. The van der Waals surface area contributed by atoms with Gasteiger partial charge in [-0.15, -0.1) is 0 Å². The third-order valence-corrected chi connectivity index (χ3v) is 5.66. The van der Waals surface area contributed by atoms with Gasteiger partial charge in [-0.05, 0) is 70.3 Å². The first-order valence-corrected chi connectivity index (χ1v) is 7.08. The quantitative estimate of drug-likeness (QED) is 0.776. The van der Waals surface area contributed by atoms with Crippen molar-refractivity contribution in [3.8, 4) is 0 Å². The SMILES string of the molecule is CC1(C)CCCN1CC1C2CCC(C2)C1N. The fourth-order valence-corrected chi connectivity index (χ4v) is 4.48. The van der Waals surface area contributed by atoms with Crippen LogP contribution in [0.5, 0.6) is 0 Å². The van der Waals surface area contributed by atoms with E-state index in [1.165, 1.54) is 45.2 Å². The van der Waals surface area contributed by atoms with Crippen molar-refractivity contribution in [2.45, 2.75) is 57.5 Å². The van der Waals surface area contributed by atoms with Gasteiger partial charge in [-0.2, -0.15) is 0 Å². The Morgan fingerprint density at radius 2 is 2.00 bits per heavy atom. The maximum atomic E-state index is 6.40. The van der Waals surface area contributed by atoms with Crippen molar-refractivity contribution in [1.29, 1.82) is 0 Å². The number of rotatable bonds is 2. The van der Waals surface area contributed by atoms with Crippen LogP contribution < -0.4 is 5.73 Å². The van der Waals surface area contributed by atoms with E-state index in [-0.39, 0.29) is 0 Å². The first-order valence-electron chi connectivity index (χ1n) is 7.08. The van der Waals surface area contributed by atoms with E-state index in [1.807, 2.05) is 0 Å². The van der Waals surface area contributed by atoms with Crippen molar-refractivity contribution >= 4 is 0 Å². The fourth-order valence-electron chi connectivity index (χ4n) is 4.48. The topological polar surface area (TPSA) is 29.3 Å². The van der Waals surface area contributed by atoms with Crippen LogP contribution in [0.25, 0.3) is 0 Å². The molecule has 16 heavy (non-hydrogen) atoms. The van der Waals surface area contributed by atoms with Gasteiger partial charge in [0.15, 0.2) is 0 Å². The summed E-state index contributed by atoms with van der Waals surface area (Å²) in [5.41, 5.74) is 6.84. The zero-order chi connectivity index (χ0) is 11.3. The lowest BCUT2D eigenvalue weighted by Crippen LogP contribution is -2.47. The molecule has 1 heterocycles. The maximum Gasteiger partial charge on any atom is 0.0153 e. The zero-order valence-corrected chi connectivity index (χ0v) is 10.8. The largest absolute Gasteiger partial charge is 0.327 e. The van der Waals surface area contributed by atoms with Crippen LogP contribution in [0.4, 0.5) is 0 Å². The van der Waals surface area contributed by atoms with E-state index >= 15 is 0 Å². The molecule has 4 unspecified atom stereocenters. The van der Waals surface area contributed by atoms with E-state index in [1.54, 1.807) is 0 Å². The van der Waals surface area contributed by atoms with Gasteiger partial charge >= 0.3 is 0 Å². The smallest absolute Gasteiger partial charge is 0.0153 e. The van der Waals surface area contributed by atoms with Gasteiger partial charge in [0.05, 0.1) is 0 Å². The third-order valence-electron chi connectivity index (χ3n) is 5.66. The molecule has 3 aliphatic rings. The van der Waals surface area contributed by atoms with Crippen molar-refractivity contribution in [3.63, 3.8) is 0 Å². The molecule has 1 saturated heterocycles. The van der Waals surface area contributed by atoms with Gasteiger partial charge in [0.2, 0.25) is 0 Å². The summed E-state index contributed by atoms with van der Waals surface area (Å²) in [5.74, 6) is 2.62. The molecule has 92 valence electrons. The monoisotopic (exact) mass is 222 g/mol. The van der Waals surface area contributed by atoms with Gasteiger partial charge in [0.25, 0.3) is 0 Å². The highest BCUT2D eigenvalue weighted by molar-refractivity contribution is 5.01. The number of likely N-dealkylation sites (tertiary alicyclic amines) is 1. The minimum atomic E-state index is 0.432. The van der Waals surface area contributed by atoms with E-state index in [0.717, 1.165) is 17.8 Å². The Morgan fingerprint density at radius 1 is 1.25 bits per heavy atom. The highest BCUT2D eigenvalue weighted by Gasteiger charge is 2.47. The summed E-state index contributed by atoms with van der Waals surface area (Å²) in [6, 6.07) is 0.509. The van der Waals surface area contributed by atoms with E-state index in [9.17, 15) is 0 Å². The zero-order valence-electron chi connectivity index (χ0n) is 10.8. The van der Waals surface area contributed by atoms with Crippen molar-refractivity contribution < 1.29 is 0 Å². The molecular weight excluding hydrogens is 196 g/mol. The number of fused-ring (bicyclic) bond motifs is 2. The summed E-state index contributed by atoms with van der Waals surface area (Å²) in [4.78, 5) is 2.71. The molecule has 3 fully saturated rings. The summed E-state index contributed by atoms with van der Waals surface area (Å²) >= 11 is 0. The van der Waals surface area contributed by atoms with Crippen LogP contribution in [0.3, 0.4) is 0 Å². The van der Waals surface area contributed by atoms with Gasteiger partial charge in [0, 0.05) is 18.1 Å². The van der Waals surface area contributed by atoms with Gasteiger partial charge in [-0.25, -0.2) is 0 Å². The Balaban J connectivity index is 1.67. The molecule has 2 nitrogen and oxygen atoms in total. The predicted octanol–water partition coefficient (Wildman–Crippen LogP) is 2.23. The second-order valence-electron chi connectivity index (χ2n) is 6.94. The highest BCUT2D eigenvalue weighted by Crippen LogP contribution is 2.48. The lowest BCUT2D eigenvalue weighted by atomic mass is 9.84. The standard InChI is InChI=1S/C14H26N2/c1-14(2)6-3-7-16(14)9-12-10-4-5-11(8-10)13(12)15/h10-13H,3-9,15H2,1-2H3. The number of nitrogens with zero attached hydrogens (tertiary/aromatic N) is 1. The second-order valence-corrected chi connectivity index (χ2v) is 6.94. The molecule has 3 rings (SSSR count).